The SMILES string of the molecule is C=CCN1CCN(c2nc(=O)n(-c3c(C)ccnc3C(C)C)c3nc(-c4c(O)cccc4F)c(F)cc23)[C@@H](C)C1. The van der Waals surface area contributed by atoms with Crippen LogP contribution in [0.5, 0.6) is 5.75 Å². The molecule has 8 nitrogen and oxygen atoms in total. The average molecular weight is 547 g/mol. The Balaban J connectivity index is 1.84. The highest BCUT2D eigenvalue weighted by Gasteiger charge is 2.30. The van der Waals surface area contributed by atoms with Crippen LogP contribution in [-0.4, -0.2) is 61.7 Å². The highest BCUT2D eigenvalue weighted by molar-refractivity contribution is 5.91. The van der Waals surface area contributed by atoms with E-state index >= 15 is 4.39 Å². The zero-order valence-electron chi connectivity index (χ0n) is 23.0. The van der Waals surface area contributed by atoms with Gasteiger partial charge in [-0.2, -0.15) is 4.98 Å². The van der Waals surface area contributed by atoms with E-state index in [0.29, 0.717) is 42.2 Å². The molecule has 0 spiro atoms. The van der Waals surface area contributed by atoms with Crippen LogP contribution in [0.25, 0.3) is 28.0 Å². The maximum Gasteiger partial charge on any atom is 0.355 e. The van der Waals surface area contributed by atoms with Crippen molar-refractivity contribution in [3.63, 3.8) is 0 Å². The zero-order chi connectivity index (χ0) is 28.7. The Morgan fingerprint density at radius 1 is 1.18 bits per heavy atom. The van der Waals surface area contributed by atoms with Crippen molar-refractivity contribution < 1.29 is 13.9 Å². The number of phenols is 1. The standard InChI is InChI=1S/C30H32F2N6O2/c1-6-12-36-13-14-37(19(5)16-36)28-20-15-22(32)26(24-21(31)8-7-9-23(24)39)34-29(20)38(30(40)35-28)27-18(4)10-11-33-25(27)17(2)3/h6-11,15,17,19,39H,1,12-14,16H2,2-5H3/t19-/m0/s1. The molecule has 3 aromatic heterocycles. The molecule has 1 aromatic carbocycles. The Bertz CT molecular complexity index is 1650. The van der Waals surface area contributed by atoms with Gasteiger partial charge in [0, 0.05) is 38.4 Å². The topological polar surface area (TPSA) is 87.4 Å². The predicted octanol–water partition coefficient (Wildman–Crippen LogP) is 4.95. The van der Waals surface area contributed by atoms with Crippen LogP contribution in [-0.2, 0) is 0 Å². The van der Waals surface area contributed by atoms with Gasteiger partial charge in [-0.3, -0.25) is 9.88 Å². The first-order valence-corrected chi connectivity index (χ1v) is 13.3. The van der Waals surface area contributed by atoms with Gasteiger partial charge in [0.25, 0.3) is 0 Å². The summed E-state index contributed by atoms with van der Waals surface area (Å²) < 4.78 is 32.0. The highest BCUT2D eigenvalue weighted by Crippen LogP contribution is 2.36. The molecule has 208 valence electrons. The van der Waals surface area contributed by atoms with Crippen molar-refractivity contribution in [1.82, 2.24) is 24.4 Å². The minimum atomic E-state index is -0.842. The molecule has 0 radical (unpaired) electrons. The first-order valence-electron chi connectivity index (χ1n) is 13.3. The van der Waals surface area contributed by atoms with Gasteiger partial charge in [0.2, 0.25) is 0 Å². The Hall–Kier alpha value is -4.18. The van der Waals surface area contributed by atoms with Crippen molar-refractivity contribution in [2.45, 2.75) is 39.7 Å². The molecule has 1 aliphatic heterocycles. The summed E-state index contributed by atoms with van der Waals surface area (Å²) in [6, 6.07) is 6.68. The molecule has 10 heteroatoms. The summed E-state index contributed by atoms with van der Waals surface area (Å²) in [5, 5.41) is 10.8. The van der Waals surface area contributed by atoms with Gasteiger partial charge in [0.05, 0.1) is 22.3 Å². The van der Waals surface area contributed by atoms with Gasteiger partial charge in [-0.1, -0.05) is 26.0 Å². The van der Waals surface area contributed by atoms with Gasteiger partial charge >= 0.3 is 5.69 Å². The lowest BCUT2D eigenvalue weighted by molar-refractivity contribution is 0.250. The van der Waals surface area contributed by atoms with Crippen LogP contribution in [0.3, 0.4) is 0 Å². The monoisotopic (exact) mass is 546 g/mol. The maximum atomic E-state index is 15.8. The number of anilines is 1. The molecule has 0 aliphatic carbocycles. The van der Waals surface area contributed by atoms with Crippen LogP contribution in [0.4, 0.5) is 14.6 Å². The lowest BCUT2D eigenvalue weighted by Crippen LogP contribution is -2.52. The summed E-state index contributed by atoms with van der Waals surface area (Å²) in [5.41, 5.74) is 0.618. The van der Waals surface area contributed by atoms with E-state index in [9.17, 15) is 14.3 Å². The Labute approximate surface area is 231 Å². The normalized spacial score (nSPS) is 16.2. The number of rotatable bonds is 6. The summed E-state index contributed by atoms with van der Waals surface area (Å²) in [4.78, 5) is 31.6. The van der Waals surface area contributed by atoms with Crippen LogP contribution < -0.4 is 10.6 Å². The molecule has 0 unspecified atom stereocenters. The van der Waals surface area contributed by atoms with E-state index in [0.717, 1.165) is 18.2 Å². The summed E-state index contributed by atoms with van der Waals surface area (Å²) in [7, 11) is 0. The van der Waals surface area contributed by atoms with E-state index in [-0.39, 0.29) is 23.2 Å². The van der Waals surface area contributed by atoms with Crippen LogP contribution in [0.1, 0.15) is 37.9 Å². The number of fused-ring (bicyclic) bond motifs is 1. The summed E-state index contributed by atoms with van der Waals surface area (Å²) in [5.74, 6) is -1.87. The van der Waals surface area contributed by atoms with Crippen LogP contribution >= 0.6 is 0 Å². The van der Waals surface area contributed by atoms with E-state index in [1.54, 1.807) is 12.3 Å². The first kappa shape index (κ1) is 27.4. The molecule has 1 fully saturated rings. The molecule has 4 aromatic rings. The molecule has 1 saturated heterocycles. The van der Waals surface area contributed by atoms with Gasteiger partial charge < -0.3 is 10.0 Å². The molecule has 40 heavy (non-hydrogen) atoms. The third-order valence-corrected chi connectivity index (χ3v) is 7.33. The number of hydrogen-bond donors (Lipinski definition) is 1. The molecular formula is C30H32F2N6O2. The smallest absolute Gasteiger partial charge is 0.355 e. The summed E-state index contributed by atoms with van der Waals surface area (Å²) >= 11 is 0. The molecule has 4 heterocycles. The molecule has 0 saturated carbocycles. The number of nitrogens with zero attached hydrogens (tertiary/aromatic N) is 6. The third-order valence-electron chi connectivity index (χ3n) is 7.33. The van der Waals surface area contributed by atoms with Gasteiger partial charge in [0.1, 0.15) is 23.1 Å². The third kappa shape index (κ3) is 4.72. The fourth-order valence-electron chi connectivity index (χ4n) is 5.43. The molecule has 0 bridgehead atoms. The van der Waals surface area contributed by atoms with E-state index in [4.69, 9.17) is 0 Å². The second kappa shape index (κ2) is 10.8. The van der Waals surface area contributed by atoms with Gasteiger partial charge in [-0.25, -0.2) is 23.1 Å². The van der Waals surface area contributed by atoms with Crippen molar-refractivity contribution >= 4 is 16.9 Å². The quantitative estimate of drug-likeness (QED) is 0.342. The fourth-order valence-corrected chi connectivity index (χ4v) is 5.43. The molecule has 0 amide bonds. The van der Waals surface area contributed by atoms with E-state index in [1.165, 1.54) is 22.8 Å². The van der Waals surface area contributed by atoms with E-state index in [2.05, 4.69) is 26.4 Å². The Morgan fingerprint density at radius 2 is 1.95 bits per heavy atom. The summed E-state index contributed by atoms with van der Waals surface area (Å²) in [6.07, 6.45) is 3.52. The molecule has 1 atom stereocenters. The number of halogens is 2. The minimum absolute atomic E-state index is 0.0376. The van der Waals surface area contributed by atoms with Crippen LogP contribution in [0, 0.1) is 18.6 Å². The maximum absolute atomic E-state index is 15.8. The lowest BCUT2D eigenvalue weighted by atomic mass is 10.0. The van der Waals surface area contributed by atoms with E-state index < -0.39 is 28.8 Å². The fraction of sp³-hybridized carbons (Fsp3) is 0.333. The minimum Gasteiger partial charge on any atom is -0.507 e. The molecule has 1 aliphatic rings. The second-order valence-corrected chi connectivity index (χ2v) is 10.5. The second-order valence-electron chi connectivity index (χ2n) is 10.5. The first-order chi connectivity index (χ1) is 19.1. The zero-order valence-corrected chi connectivity index (χ0v) is 23.0. The number of aryl methyl sites for hydroxylation is 1. The predicted molar refractivity (Wildman–Crippen MR) is 152 cm³/mol. The lowest BCUT2D eigenvalue weighted by Gasteiger charge is -2.40. The average Bonchev–Trinajstić information content (AvgIpc) is 2.89. The number of pyridine rings is 2. The number of aromatic nitrogens is 4. The van der Waals surface area contributed by atoms with Gasteiger partial charge in [-0.05, 0) is 49.6 Å². The van der Waals surface area contributed by atoms with Crippen molar-refractivity contribution in [1.29, 1.82) is 0 Å². The van der Waals surface area contributed by atoms with E-state index in [1.807, 2.05) is 38.7 Å². The van der Waals surface area contributed by atoms with Crippen molar-refractivity contribution in [2.24, 2.45) is 0 Å². The largest absolute Gasteiger partial charge is 0.507 e. The number of aromatic hydroxyl groups is 1. The van der Waals surface area contributed by atoms with Gasteiger partial charge in [-0.15, -0.1) is 6.58 Å². The molecular weight excluding hydrogens is 514 g/mol. The number of benzene rings is 1. The molecule has 1 N–H and O–H groups in total. The van der Waals surface area contributed by atoms with Crippen molar-refractivity contribution in [2.75, 3.05) is 31.1 Å². The highest BCUT2D eigenvalue weighted by atomic mass is 19.1. The van der Waals surface area contributed by atoms with Gasteiger partial charge in [0.15, 0.2) is 11.5 Å². The van der Waals surface area contributed by atoms with Crippen LogP contribution in [0.2, 0.25) is 0 Å². The van der Waals surface area contributed by atoms with Crippen molar-refractivity contribution in [3.05, 3.63) is 82.6 Å². The van der Waals surface area contributed by atoms with Crippen molar-refractivity contribution in [3.8, 4) is 22.7 Å². The number of phenolic OH excluding ortho intramolecular Hbond substituents is 1. The number of hydrogen-bond acceptors (Lipinski definition) is 7. The van der Waals surface area contributed by atoms with Crippen LogP contribution in [0.15, 0.2) is 54.0 Å². The number of piperazine rings is 1. The Morgan fingerprint density at radius 3 is 2.62 bits per heavy atom. The molecule has 5 rings (SSSR count). The Kier molecular flexibility index (Phi) is 7.37. The summed E-state index contributed by atoms with van der Waals surface area (Å²) in [6.45, 7) is 14.3.